The number of benzene rings is 2. The number of fused-ring (bicyclic) bond motifs is 1. The second-order valence-electron chi connectivity index (χ2n) is 6.67. The van der Waals surface area contributed by atoms with Gasteiger partial charge in [0.1, 0.15) is 11.5 Å². The number of anilines is 2. The Balaban J connectivity index is 1.91. The van der Waals surface area contributed by atoms with E-state index in [1.807, 2.05) is 62.4 Å². The smallest absolute Gasteiger partial charge is 0.267 e. The van der Waals surface area contributed by atoms with Gasteiger partial charge in [0.25, 0.3) is 5.91 Å². The summed E-state index contributed by atoms with van der Waals surface area (Å²) in [5.74, 6) is -0.0372. The zero-order valence-electron chi connectivity index (χ0n) is 15.1. The van der Waals surface area contributed by atoms with Gasteiger partial charge in [-0.15, -0.1) is 0 Å². The third-order valence-electron chi connectivity index (χ3n) is 4.61. The highest BCUT2D eigenvalue weighted by atomic mass is 16.2. The van der Waals surface area contributed by atoms with E-state index in [4.69, 9.17) is 5.73 Å². The Hall–Kier alpha value is -3.54. The first-order valence-corrected chi connectivity index (χ1v) is 8.61. The molecule has 27 heavy (non-hydrogen) atoms. The van der Waals surface area contributed by atoms with Crippen molar-refractivity contribution in [3.05, 3.63) is 70.9 Å². The molecular weight excluding hydrogens is 340 g/mol. The zero-order chi connectivity index (χ0) is 19.1. The molecule has 134 valence electrons. The van der Waals surface area contributed by atoms with Crippen LogP contribution in [0.4, 0.5) is 11.5 Å². The van der Waals surface area contributed by atoms with Crippen molar-refractivity contribution in [1.29, 1.82) is 0 Å². The van der Waals surface area contributed by atoms with Crippen LogP contribution in [-0.2, 0) is 11.2 Å². The van der Waals surface area contributed by atoms with E-state index in [1.54, 1.807) is 0 Å². The number of nitrogens with zero attached hydrogens (tertiary/aromatic N) is 3. The van der Waals surface area contributed by atoms with Gasteiger partial charge in [-0.1, -0.05) is 47.5 Å². The van der Waals surface area contributed by atoms with Gasteiger partial charge in [0.2, 0.25) is 5.91 Å². The van der Waals surface area contributed by atoms with Crippen LogP contribution in [0.3, 0.4) is 0 Å². The standard InChI is InChI=1S/C21H18N4O2/c1-12-3-7-14(8-4-12)20-23-18(19(22)27)16-11-17(26)25(21(16)24-20)15-9-5-13(2)6-10-15/h3-10H,11H2,1-2H3,(H2,22,27). The summed E-state index contributed by atoms with van der Waals surface area (Å²) in [5.41, 5.74) is 9.77. The van der Waals surface area contributed by atoms with Crippen molar-refractivity contribution >= 4 is 23.3 Å². The summed E-state index contributed by atoms with van der Waals surface area (Å²) in [6, 6.07) is 15.2. The quantitative estimate of drug-likeness (QED) is 0.779. The number of aromatic nitrogens is 2. The molecule has 1 aromatic heterocycles. The Morgan fingerprint density at radius 2 is 1.56 bits per heavy atom. The number of amides is 2. The molecule has 0 radical (unpaired) electrons. The van der Waals surface area contributed by atoms with Crippen LogP contribution in [0.25, 0.3) is 11.4 Å². The molecule has 2 aromatic carbocycles. The molecule has 0 saturated heterocycles. The fraction of sp³-hybridized carbons (Fsp3) is 0.143. The third kappa shape index (κ3) is 2.95. The maximum Gasteiger partial charge on any atom is 0.267 e. The van der Waals surface area contributed by atoms with Crippen LogP contribution in [0.5, 0.6) is 0 Å². The van der Waals surface area contributed by atoms with E-state index < -0.39 is 5.91 Å². The second kappa shape index (κ2) is 6.32. The number of nitrogens with two attached hydrogens (primary N) is 1. The monoisotopic (exact) mass is 358 g/mol. The lowest BCUT2D eigenvalue weighted by Gasteiger charge is -2.17. The first kappa shape index (κ1) is 16.9. The van der Waals surface area contributed by atoms with E-state index in [0.29, 0.717) is 22.9 Å². The van der Waals surface area contributed by atoms with E-state index in [2.05, 4.69) is 9.97 Å². The molecule has 4 rings (SSSR count). The maximum atomic E-state index is 12.7. The summed E-state index contributed by atoms with van der Waals surface area (Å²) in [4.78, 5) is 35.2. The third-order valence-corrected chi connectivity index (χ3v) is 4.61. The number of carbonyl (C=O) groups excluding carboxylic acids is 2. The van der Waals surface area contributed by atoms with Crippen molar-refractivity contribution in [1.82, 2.24) is 9.97 Å². The van der Waals surface area contributed by atoms with Crippen LogP contribution < -0.4 is 10.6 Å². The molecule has 0 unspecified atom stereocenters. The lowest BCUT2D eigenvalue weighted by atomic mass is 10.1. The Kier molecular flexibility index (Phi) is 3.96. The lowest BCUT2D eigenvalue weighted by molar-refractivity contribution is -0.116. The summed E-state index contributed by atoms with van der Waals surface area (Å²) in [7, 11) is 0. The summed E-state index contributed by atoms with van der Waals surface area (Å²) in [6.07, 6.45) is 0.0513. The van der Waals surface area contributed by atoms with Crippen LogP contribution in [0.15, 0.2) is 48.5 Å². The van der Waals surface area contributed by atoms with Crippen LogP contribution in [-0.4, -0.2) is 21.8 Å². The van der Waals surface area contributed by atoms with Gasteiger partial charge < -0.3 is 5.73 Å². The van der Waals surface area contributed by atoms with E-state index in [-0.39, 0.29) is 18.0 Å². The number of hydrogen-bond acceptors (Lipinski definition) is 4. The fourth-order valence-electron chi connectivity index (χ4n) is 3.16. The van der Waals surface area contributed by atoms with Gasteiger partial charge in [0, 0.05) is 11.1 Å². The molecule has 6 heteroatoms. The molecule has 2 N–H and O–H groups in total. The molecule has 0 atom stereocenters. The fourth-order valence-corrected chi connectivity index (χ4v) is 3.16. The Morgan fingerprint density at radius 3 is 2.15 bits per heavy atom. The van der Waals surface area contributed by atoms with E-state index in [1.165, 1.54) is 4.90 Å². The average molecular weight is 358 g/mol. The molecule has 3 aromatic rings. The molecule has 0 aliphatic carbocycles. The van der Waals surface area contributed by atoms with Gasteiger partial charge in [-0.3, -0.25) is 14.5 Å². The number of aryl methyl sites for hydroxylation is 2. The average Bonchev–Trinajstić information content (AvgIpc) is 2.98. The number of hydrogen-bond donors (Lipinski definition) is 1. The van der Waals surface area contributed by atoms with Gasteiger partial charge in [0.15, 0.2) is 5.82 Å². The highest BCUT2D eigenvalue weighted by molar-refractivity contribution is 6.09. The van der Waals surface area contributed by atoms with Crippen LogP contribution in [0.2, 0.25) is 0 Å². The molecule has 6 nitrogen and oxygen atoms in total. The summed E-state index contributed by atoms with van der Waals surface area (Å²) in [6.45, 7) is 3.96. The van der Waals surface area contributed by atoms with Crippen molar-refractivity contribution in [2.45, 2.75) is 20.3 Å². The minimum absolute atomic E-state index is 0.0513. The molecule has 0 bridgehead atoms. The lowest BCUT2D eigenvalue weighted by Crippen LogP contribution is -2.21. The number of carbonyl (C=O) groups is 2. The zero-order valence-corrected chi connectivity index (χ0v) is 15.1. The predicted molar refractivity (Wildman–Crippen MR) is 103 cm³/mol. The summed E-state index contributed by atoms with van der Waals surface area (Å²) >= 11 is 0. The van der Waals surface area contributed by atoms with Crippen molar-refractivity contribution in [2.24, 2.45) is 5.73 Å². The molecule has 2 amide bonds. The first-order valence-electron chi connectivity index (χ1n) is 8.61. The van der Waals surface area contributed by atoms with Gasteiger partial charge >= 0.3 is 0 Å². The molecule has 0 saturated carbocycles. The van der Waals surface area contributed by atoms with Gasteiger partial charge in [0.05, 0.1) is 12.1 Å². The minimum atomic E-state index is -0.666. The van der Waals surface area contributed by atoms with E-state index >= 15 is 0 Å². The van der Waals surface area contributed by atoms with Gasteiger partial charge in [-0.2, -0.15) is 0 Å². The molecule has 2 heterocycles. The van der Waals surface area contributed by atoms with E-state index in [0.717, 1.165) is 16.7 Å². The minimum Gasteiger partial charge on any atom is -0.364 e. The van der Waals surface area contributed by atoms with Crippen molar-refractivity contribution in [3.63, 3.8) is 0 Å². The second-order valence-corrected chi connectivity index (χ2v) is 6.67. The molecule has 1 aliphatic heterocycles. The molecule has 1 aliphatic rings. The molecule has 0 fully saturated rings. The van der Waals surface area contributed by atoms with Crippen molar-refractivity contribution in [2.75, 3.05) is 4.90 Å². The molecular formula is C21H18N4O2. The SMILES string of the molecule is Cc1ccc(-c2nc(C(N)=O)c3c(n2)N(c2ccc(C)cc2)C(=O)C3)cc1. The van der Waals surface area contributed by atoms with E-state index in [9.17, 15) is 9.59 Å². The number of primary amides is 1. The highest BCUT2D eigenvalue weighted by Crippen LogP contribution is 2.36. The Bertz CT molecular complexity index is 1060. The van der Waals surface area contributed by atoms with Crippen LogP contribution >= 0.6 is 0 Å². The van der Waals surface area contributed by atoms with Crippen LogP contribution in [0, 0.1) is 13.8 Å². The van der Waals surface area contributed by atoms with Gasteiger partial charge in [-0.25, -0.2) is 9.97 Å². The summed E-state index contributed by atoms with van der Waals surface area (Å²) in [5, 5.41) is 0. The largest absolute Gasteiger partial charge is 0.364 e. The predicted octanol–water partition coefficient (Wildman–Crippen LogP) is 3.08. The first-order chi connectivity index (χ1) is 12.9. The van der Waals surface area contributed by atoms with Gasteiger partial charge in [-0.05, 0) is 26.0 Å². The highest BCUT2D eigenvalue weighted by Gasteiger charge is 2.35. The normalized spacial score (nSPS) is 13.0. The Labute approximate surface area is 156 Å². The van der Waals surface area contributed by atoms with Crippen molar-refractivity contribution in [3.8, 4) is 11.4 Å². The topological polar surface area (TPSA) is 89.2 Å². The van der Waals surface area contributed by atoms with Crippen molar-refractivity contribution < 1.29 is 9.59 Å². The molecule has 0 spiro atoms. The maximum absolute atomic E-state index is 12.7. The number of rotatable bonds is 3. The summed E-state index contributed by atoms with van der Waals surface area (Å²) < 4.78 is 0. The Morgan fingerprint density at radius 1 is 0.963 bits per heavy atom. The van der Waals surface area contributed by atoms with Crippen LogP contribution in [0.1, 0.15) is 27.2 Å².